The third-order valence-corrected chi connectivity index (χ3v) is 5.10. The second kappa shape index (κ2) is 8.19. The average molecular weight is 441 g/mol. The van der Waals surface area contributed by atoms with Crippen molar-refractivity contribution in [1.29, 1.82) is 0 Å². The first-order valence-corrected chi connectivity index (χ1v) is 10.3. The maximum atomic E-state index is 12.9. The first-order valence-electron chi connectivity index (χ1n) is 10.3. The predicted octanol–water partition coefficient (Wildman–Crippen LogP) is 3.86. The highest BCUT2D eigenvalue weighted by Gasteiger charge is 2.16. The van der Waals surface area contributed by atoms with Crippen LogP contribution in [0.15, 0.2) is 69.9 Å². The van der Waals surface area contributed by atoms with Gasteiger partial charge in [-0.3, -0.25) is 4.79 Å². The second-order valence-corrected chi connectivity index (χ2v) is 7.33. The Morgan fingerprint density at radius 1 is 1.09 bits per heavy atom. The number of hydrogen-bond donors (Lipinski definition) is 1. The van der Waals surface area contributed by atoms with Crippen molar-refractivity contribution < 1.29 is 13.9 Å². The van der Waals surface area contributed by atoms with Crippen molar-refractivity contribution in [1.82, 2.24) is 19.8 Å². The van der Waals surface area contributed by atoms with Gasteiger partial charge in [0, 0.05) is 16.6 Å². The van der Waals surface area contributed by atoms with Crippen LogP contribution in [0.25, 0.3) is 27.9 Å². The van der Waals surface area contributed by atoms with Crippen LogP contribution >= 0.6 is 0 Å². The molecule has 1 N–H and O–H groups in total. The molecule has 0 atom stereocenters. The lowest BCUT2D eigenvalue weighted by atomic mass is 10.1. The Bertz CT molecular complexity index is 1570. The largest absolute Gasteiger partial charge is 0.490 e. The molecule has 0 radical (unpaired) electrons. The van der Waals surface area contributed by atoms with E-state index in [0.717, 1.165) is 5.56 Å². The van der Waals surface area contributed by atoms with E-state index in [1.807, 2.05) is 32.0 Å². The fraction of sp³-hybridized carbons (Fsp3) is 0.125. The van der Waals surface area contributed by atoms with E-state index in [4.69, 9.17) is 9.15 Å². The average Bonchev–Trinajstić information content (AvgIpc) is 3.19. The molecule has 33 heavy (non-hydrogen) atoms. The summed E-state index contributed by atoms with van der Waals surface area (Å²) in [6, 6.07) is 17.6. The number of anilines is 1. The molecular formula is C24H19N5O4. The highest BCUT2D eigenvalue weighted by atomic mass is 16.5. The maximum absolute atomic E-state index is 12.9. The molecular weight excluding hydrogens is 422 g/mol. The summed E-state index contributed by atoms with van der Waals surface area (Å²) in [4.78, 5) is 25.4. The molecule has 0 saturated heterocycles. The van der Waals surface area contributed by atoms with Crippen LogP contribution in [0.4, 0.5) is 5.69 Å². The number of para-hydroxylation sites is 1. The van der Waals surface area contributed by atoms with E-state index in [-0.39, 0.29) is 5.56 Å². The van der Waals surface area contributed by atoms with Crippen molar-refractivity contribution >= 4 is 28.2 Å². The molecule has 9 nitrogen and oxygen atoms in total. The second-order valence-electron chi connectivity index (χ2n) is 7.33. The summed E-state index contributed by atoms with van der Waals surface area (Å²) in [5.74, 6) is 0.564. The van der Waals surface area contributed by atoms with Gasteiger partial charge >= 0.3 is 5.63 Å². The Morgan fingerprint density at radius 2 is 1.94 bits per heavy atom. The number of amides is 1. The fourth-order valence-electron chi connectivity index (χ4n) is 3.55. The molecule has 0 bridgehead atoms. The molecule has 5 aromatic rings. The monoisotopic (exact) mass is 441 g/mol. The smallest absolute Gasteiger partial charge is 0.349 e. The van der Waals surface area contributed by atoms with Gasteiger partial charge in [0.1, 0.15) is 5.56 Å². The number of nitrogens with one attached hydrogen (secondary N) is 1. The fourth-order valence-corrected chi connectivity index (χ4v) is 3.55. The van der Waals surface area contributed by atoms with E-state index < -0.39 is 11.5 Å². The number of benzene rings is 2. The molecule has 3 aromatic heterocycles. The molecule has 1 amide bonds. The molecule has 0 spiro atoms. The summed E-state index contributed by atoms with van der Waals surface area (Å²) in [5, 5.41) is 16.0. The lowest BCUT2D eigenvalue weighted by Gasteiger charge is -2.09. The molecule has 0 fully saturated rings. The van der Waals surface area contributed by atoms with Crippen molar-refractivity contribution in [3.05, 3.63) is 82.5 Å². The summed E-state index contributed by atoms with van der Waals surface area (Å²) >= 11 is 0. The van der Waals surface area contributed by atoms with Gasteiger partial charge in [0.25, 0.3) is 5.91 Å². The Balaban J connectivity index is 1.45. The van der Waals surface area contributed by atoms with Gasteiger partial charge in [0.05, 0.1) is 12.3 Å². The number of aryl methyl sites for hydroxylation is 1. The summed E-state index contributed by atoms with van der Waals surface area (Å²) in [7, 11) is 0. The van der Waals surface area contributed by atoms with Crippen molar-refractivity contribution in [3.8, 4) is 17.0 Å². The molecule has 0 aliphatic rings. The van der Waals surface area contributed by atoms with Gasteiger partial charge in [-0.25, -0.2) is 4.79 Å². The number of hydrogen-bond acceptors (Lipinski definition) is 7. The number of nitrogens with zero attached hydrogens (tertiary/aromatic N) is 4. The Morgan fingerprint density at radius 3 is 2.79 bits per heavy atom. The normalized spacial score (nSPS) is 11.1. The zero-order valence-corrected chi connectivity index (χ0v) is 17.9. The predicted molar refractivity (Wildman–Crippen MR) is 123 cm³/mol. The van der Waals surface area contributed by atoms with Crippen LogP contribution in [-0.4, -0.2) is 32.3 Å². The van der Waals surface area contributed by atoms with Crippen LogP contribution in [0.5, 0.6) is 5.75 Å². The standard InChI is InChI=1S/C24H19N5O4/c1-3-32-20-9-5-7-16-13-18(24(31)33-22(16)20)23(30)25-17-8-4-6-15(12-17)19-10-11-21-27-26-14(2)29(21)28-19/h4-13H,3H2,1-2H3,(H,25,30). The van der Waals surface area contributed by atoms with E-state index in [2.05, 4.69) is 20.6 Å². The molecule has 164 valence electrons. The number of rotatable bonds is 5. The molecule has 5 rings (SSSR count). The van der Waals surface area contributed by atoms with E-state index in [1.54, 1.807) is 40.9 Å². The van der Waals surface area contributed by atoms with Gasteiger partial charge in [-0.1, -0.05) is 24.3 Å². The molecule has 0 unspecified atom stereocenters. The van der Waals surface area contributed by atoms with Crippen LogP contribution in [0.1, 0.15) is 23.1 Å². The molecule has 0 saturated carbocycles. The Kier molecular flexibility index (Phi) is 5.06. The number of aromatic nitrogens is 4. The summed E-state index contributed by atoms with van der Waals surface area (Å²) in [6.45, 7) is 4.09. The van der Waals surface area contributed by atoms with Gasteiger partial charge in [-0.15, -0.1) is 10.2 Å². The minimum Gasteiger partial charge on any atom is -0.490 e. The third-order valence-electron chi connectivity index (χ3n) is 5.10. The van der Waals surface area contributed by atoms with Crippen molar-refractivity contribution in [2.24, 2.45) is 0 Å². The van der Waals surface area contributed by atoms with Crippen LogP contribution < -0.4 is 15.7 Å². The number of carbonyl (C=O) groups excluding carboxylic acids is 1. The number of carbonyl (C=O) groups is 1. The van der Waals surface area contributed by atoms with Gasteiger partial charge in [-0.05, 0) is 50.2 Å². The van der Waals surface area contributed by atoms with Crippen molar-refractivity contribution in [3.63, 3.8) is 0 Å². The number of ether oxygens (including phenoxy) is 1. The molecule has 9 heteroatoms. The third kappa shape index (κ3) is 3.80. The van der Waals surface area contributed by atoms with Crippen LogP contribution in [0.2, 0.25) is 0 Å². The topological polar surface area (TPSA) is 112 Å². The van der Waals surface area contributed by atoms with E-state index >= 15 is 0 Å². The first kappa shape index (κ1) is 20.4. The molecule has 3 heterocycles. The highest BCUT2D eigenvalue weighted by molar-refractivity contribution is 6.05. The van der Waals surface area contributed by atoms with E-state index in [9.17, 15) is 9.59 Å². The van der Waals surface area contributed by atoms with Gasteiger partial charge in [0.2, 0.25) is 0 Å². The minimum absolute atomic E-state index is 0.0961. The van der Waals surface area contributed by atoms with Crippen molar-refractivity contribution in [2.75, 3.05) is 11.9 Å². The zero-order chi connectivity index (χ0) is 22.9. The number of fused-ring (bicyclic) bond motifs is 2. The minimum atomic E-state index is -0.737. The first-order chi connectivity index (χ1) is 16.0. The molecule has 2 aromatic carbocycles. The van der Waals surface area contributed by atoms with Crippen LogP contribution in [0, 0.1) is 6.92 Å². The summed E-state index contributed by atoms with van der Waals surface area (Å²) in [5.41, 5.74) is 2.12. The van der Waals surface area contributed by atoms with Gasteiger partial charge in [-0.2, -0.15) is 9.61 Å². The van der Waals surface area contributed by atoms with Crippen LogP contribution in [0.3, 0.4) is 0 Å². The Hall–Kier alpha value is -4.53. The zero-order valence-electron chi connectivity index (χ0n) is 17.9. The quantitative estimate of drug-likeness (QED) is 0.412. The Labute approximate surface area is 187 Å². The van der Waals surface area contributed by atoms with Gasteiger partial charge < -0.3 is 14.5 Å². The summed E-state index contributed by atoms with van der Waals surface area (Å²) < 4.78 is 12.6. The van der Waals surface area contributed by atoms with Crippen LogP contribution in [-0.2, 0) is 0 Å². The SMILES string of the molecule is CCOc1cccc2cc(C(=O)Nc3cccc(-c4ccc5nnc(C)n5n4)c3)c(=O)oc12. The van der Waals surface area contributed by atoms with Crippen molar-refractivity contribution in [2.45, 2.75) is 13.8 Å². The van der Waals surface area contributed by atoms with E-state index in [0.29, 0.717) is 46.2 Å². The molecule has 0 aliphatic heterocycles. The lowest BCUT2D eigenvalue weighted by molar-refractivity contribution is 0.102. The summed E-state index contributed by atoms with van der Waals surface area (Å²) in [6.07, 6.45) is 0. The molecule has 0 aliphatic carbocycles. The van der Waals surface area contributed by atoms with E-state index in [1.165, 1.54) is 6.07 Å². The lowest BCUT2D eigenvalue weighted by Crippen LogP contribution is -2.20. The van der Waals surface area contributed by atoms with Gasteiger partial charge in [0.15, 0.2) is 22.8 Å². The maximum Gasteiger partial charge on any atom is 0.349 e. The highest BCUT2D eigenvalue weighted by Crippen LogP contribution is 2.26.